The van der Waals surface area contributed by atoms with E-state index in [-0.39, 0.29) is 19.0 Å². The number of piperidine rings is 1. The van der Waals surface area contributed by atoms with Crippen molar-refractivity contribution < 1.29 is 23.0 Å². The number of hydrogen-bond acceptors (Lipinski definition) is 6. The maximum Gasteiger partial charge on any atom is 0.411 e. The monoisotopic (exact) mass is 456 g/mol. The van der Waals surface area contributed by atoms with Crippen LogP contribution in [0, 0.1) is 0 Å². The first-order valence-corrected chi connectivity index (χ1v) is 10.7. The molecule has 1 atom stereocenters. The lowest BCUT2D eigenvalue weighted by Gasteiger charge is -2.36. The molecule has 1 aliphatic heterocycles. The van der Waals surface area contributed by atoms with Gasteiger partial charge in [0.25, 0.3) is 5.92 Å². The number of primary amides is 1. The molecule has 1 aromatic heterocycles. The second-order valence-corrected chi connectivity index (χ2v) is 8.23. The van der Waals surface area contributed by atoms with Crippen molar-refractivity contribution in [2.24, 2.45) is 5.73 Å². The summed E-state index contributed by atoms with van der Waals surface area (Å²) >= 11 is 0. The summed E-state index contributed by atoms with van der Waals surface area (Å²) < 4.78 is 38.7. The minimum absolute atomic E-state index is 0.159. The average Bonchev–Trinajstić information content (AvgIpc) is 2.77. The Bertz CT molecular complexity index is 1120. The van der Waals surface area contributed by atoms with Gasteiger partial charge in [0.2, 0.25) is 5.88 Å². The number of amides is 1. The number of likely N-dealkylation sites (tertiary alicyclic amines) is 1. The summed E-state index contributed by atoms with van der Waals surface area (Å²) in [6.07, 6.45) is -0.0889. The van der Waals surface area contributed by atoms with Crippen LogP contribution in [0.2, 0.25) is 0 Å². The number of aromatic nitrogens is 1. The van der Waals surface area contributed by atoms with Gasteiger partial charge in [-0.2, -0.15) is 0 Å². The summed E-state index contributed by atoms with van der Waals surface area (Å²) in [5, 5.41) is 4.88. The highest BCUT2D eigenvalue weighted by Crippen LogP contribution is 2.30. The molecule has 1 fully saturated rings. The predicted octanol–water partition coefficient (Wildman–Crippen LogP) is 4.16. The highest BCUT2D eigenvalue weighted by Gasteiger charge is 2.44. The Labute approximate surface area is 190 Å². The van der Waals surface area contributed by atoms with E-state index < -0.39 is 18.1 Å². The van der Waals surface area contributed by atoms with Gasteiger partial charge in [-0.25, -0.2) is 18.6 Å². The molecule has 1 saturated heterocycles. The van der Waals surface area contributed by atoms with Crippen molar-refractivity contribution >= 4 is 22.6 Å². The maximum atomic E-state index is 14.1. The number of nitrogens with one attached hydrogen (secondary N) is 1. The van der Waals surface area contributed by atoms with Crippen LogP contribution in [0.5, 0.6) is 5.88 Å². The van der Waals surface area contributed by atoms with Crippen LogP contribution < -0.4 is 15.8 Å². The minimum Gasteiger partial charge on any atom is -0.391 e. The third-order valence-electron chi connectivity index (χ3n) is 5.62. The van der Waals surface area contributed by atoms with E-state index in [1.807, 2.05) is 48.5 Å². The number of fused-ring (bicyclic) bond motifs is 1. The van der Waals surface area contributed by atoms with Crippen molar-refractivity contribution in [1.82, 2.24) is 9.88 Å². The SMILES string of the molecule is CN1CCC(OCc2ccc(CNc3ccc4c(OC(N)=O)nccc4c3)cc2)C(F)(F)C1. The number of hydrogen-bond donors (Lipinski definition) is 2. The lowest BCUT2D eigenvalue weighted by Crippen LogP contribution is -2.51. The molecular formula is C24H26F2N4O3. The van der Waals surface area contributed by atoms with E-state index in [0.717, 1.165) is 22.2 Å². The van der Waals surface area contributed by atoms with Gasteiger partial charge in [0.05, 0.1) is 13.2 Å². The van der Waals surface area contributed by atoms with Crippen molar-refractivity contribution in [3.05, 3.63) is 65.9 Å². The van der Waals surface area contributed by atoms with Gasteiger partial charge in [-0.3, -0.25) is 0 Å². The predicted molar refractivity (Wildman–Crippen MR) is 121 cm³/mol. The van der Waals surface area contributed by atoms with Crippen LogP contribution in [-0.4, -0.2) is 48.1 Å². The number of benzene rings is 2. The first kappa shape index (κ1) is 22.9. The van der Waals surface area contributed by atoms with Crippen LogP contribution in [0.25, 0.3) is 10.8 Å². The number of carbonyl (C=O) groups is 1. The lowest BCUT2D eigenvalue weighted by atomic mass is 10.0. The molecule has 3 N–H and O–H groups in total. The summed E-state index contributed by atoms with van der Waals surface area (Å²) in [5.74, 6) is -2.66. The van der Waals surface area contributed by atoms with E-state index in [2.05, 4.69) is 10.3 Å². The van der Waals surface area contributed by atoms with Crippen molar-refractivity contribution in [1.29, 1.82) is 0 Å². The van der Waals surface area contributed by atoms with Gasteiger partial charge in [0.1, 0.15) is 6.10 Å². The second kappa shape index (κ2) is 9.68. The zero-order valence-corrected chi connectivity index (χ0v) is 18.3. The largest absolute Gasteiger partial charge is 0.411 e. The fraction of sp³-hybridized carbons (Fsp3) is 0.333. The van der Waals surface area contributed by atoms with Gasteiger partial charge in [-0.15, -0.1) is 0 Å². The Morgan fingerprint density at radius 3 is 2.70 bits per heavy atom. The molecule has 1 amide bonds. The van der Waals surface area contributed by atoms with Gasteiger partial charge in [-0.05, 0) is 54.2 Å². The number of nitrogens with zero attached hydrogens (tertiary/aromatic N) is 2. The van der Waals surface area contributed by atoms with E-state index in [9.17, 15) is 13.6 Å². The van der Waals surface area contributed by atoms with Gasteiger partial charge in [0, 0.05) is 30.4 Å². The Morgan fingerprint density at radius 2 is 1.97 bits per heavy atom. The first-order chi connectivity index (χ1) is 15.8. The fourth-order valence-electron chi connectivity index (χ4n) is 3.89. The van der Waals surface area contributed by atoms with Crippen molar-refractivity contribution in [2.45, 2.75) is 31.6 Å². The van der Waals surface area contributed by atoms with Crippen molar-refractivity contribution in [2.75, 3.05) is 25.5 Å². The van der Waals surface area contributed by atoms with E-state index >= 15 is 0 Å². The summed E-state index contributed by atoms with van der Waals surface area (Å²) in [6.45, 7) is 1.07. The summed E-state index contributed by atoms with van der Waals surface area (Å²) in [5.41, 5.74) is 7.86. The molecule has 4 rings (SSSR count). The van der Waals surface area contributed by atoms with Gasteiger partial charge < -0.3 is 25.4 Å². The Kier molecular flexibility index (Phi) is 6.71. The third kappa shape index (κ3) is 5.74. The van der Waals surface area contributed by atoms with Gasteiger partial charge >= 0.3 is 6.09 Å². The molecule has 1 aliphatic rings. The smallest absolute Gasteiger partial charge is 0.391 e. The zero-order chi connectivity index (χ0) is 23.4. The van der Waals surface area contributed by atoms with Crippen molar-refractivity contribution in [3.8, 4) is 5.88 Å². The molecule has 0 aliphatic carbocycles. The van der Waals surface area contributed by atoms with Gasteiger partial charge in [-0.1, -0.05) is 24.3 Å². The Morgan fingerprint density at radius 1 is 1.21 bits per heavy atom. The molecule has 0 spiro atoms. The number of carbonyl (C=O) groups excluding carboxylic acids is 1. The number of anilines is 1. The van der Waals surface area contributed by atoms with Crippen molar-refractivity contribution in [3.63, 3.8) is 0 Å². The van der Waals surface area contributed by atoms with Crippen LogP contribution >= 0.6 is 0 Å². The standard InChI is InChI=1S/C24H26F2N4O3/c1-30-11-9-21(24(25,26)15-30)32-14-17-4-2-16(3-5-17)13-29-19-6-7-20-18(12-19)8-10-28-22(20)33-23(27)31/h2-8,10,12,21,29H,9,11,13-15H2,1H3,(H2,27,31). The summed E-state index contributed by atoms with van der Waals surface area (Å²) in [7, 11) is 1.70. The van der Waals surface area contributed by atoms with Crippen LogP contribution in [-0.2, 0) is 17.9 Å². The fourth-order valence-corrected chi connectivity index (χ4v) is 3.89. The summed E-state index contributed by atoms with van der Waals surface area (Å²) in [6, 6.07) is 15.1. The molecule has 0 saturated carbocycles. The van der Waals surface area contributed by atoms with Gasteiger partial charge in [0.15, 0.2) is 0 Å². The molecule has 9 heteroatoms. The minimum atomic E-state index is -2.83. The molecule has 174 valence electrons. The molecule has 0 bridgehead atoms. The molecule has 1 unspecified atom stereocenters. The quantitative estimate of drug-likeness (QED) is 0.555. The normalized spacial score (nSPS) is 18.2. The maximum absolute atomic E-state index is 14.1. The van der Waals surface area contributed by atoms with E-state index in [1.54, 1.807) is 18.1 Å². The molecule has 0 radical (unpaired) electrons. The Hall–Kier alpha value is -3.30. The molecule has 2 aromatic carbocycles. The van der Waals surface area contributed by atoms with Crippen LogP contribution in [0.3, 0.4) is 0 Å². The number of rotatable bonds is 7. The Balaban J connectivity index is 1.33. The highest BCUT2D eigenvalue weighted by molar-refractivity contribution is 5.90. The summed E-state index contributed by atoms with van der Waals surface area (Å²) in [4.78, 5) is 16.7. The molecule has 2 heterocycles. The van der Waals surface area contributed by atoms with Crippen LogP contribution in [0.1, 0.15) is 17.5 Å². The number of halogens is 2. The molecular weight excluding hydrogens is 430 g/mol. The number of ether oxygens (including phenoxy) is 2. The number of nitrogens with two attached hydrogens (primary N) is 1. The molecule has 33 heavy (non-hydrogen) atoms. The second-order valence-electron chi connectivity index (χ2n) is 8.23. The highest BCUT2D eigenvalue weighted by atomic mass is 19.3. The lowest BCUT2D eigenvalue weighted by molar-refractivity contribution is -0.174. The average molecular weight is 456 g/mol. The third-order valence-corrected chi connectivity index (χ3v) is 5.62. The topological polar surface area (TPSA) is 89.7 Å². The molecule has 3 aromatic rings. The first-order valence-electron chi connectivity index (χ1n) is 10.7. The zero-order valence-electron chi connectivity index (χ0n) is 18.3. The van der Waals surface area contributed by atoms with E-state index in [4.69, 9.17) is 15.2 Å². The van der Waals surface area contributed by atoms with Crippen LogP contribution in [0.4, 0.5) is 19.3 Å². The number of pyridine rings is 1. The van der Waals surface area contributed by atoms with E-state index in [1.165, 1.54) is 0 Å². The number of alkyl halides is 2. The van der Waals surface area contributed by atoms with E-state index in [0.29, 0.717) is 24.9 Å². The molecule has 7 nitrogen and oxygen atoms in total. The van der Waals surface area contributed by atoms with Crippen LogP contribution in [0.15, 0.2) is 54.7 Å².